The zero-order valence-electron chi connectivity index (χ0n) is 21.0. The summed E-state index contributed by atoms with van der Waals surface area (Å²) in [5, 5.41) is 0. The molecule has 0 heterocycles. The van der Waals surface area contributed by atoms with E-state index < -0.39 is 10.0 Å². The molecule has 2 aromatic rings. The van der Waals surface area contributed by atoms with E-state index in [4.69, 9.17) is 14.2 Å². The fourth-order valence-electron chi connectivity index (χ4n) is 4.26. The minimum Gasteiger partial charge on any atom is -0.497 e. The molecule has 1 aliphatic carbocycles. The molecule has 1 aliphatic rings. The molecular formula is C26H36N2O6S. The molecule has 0 aliphatic heterocycles. The molecule has 0 spiro atoms. The zero-order valence-corrected chi connectivity index (χ0v) is 21.8. The number of ether oxygens (including phenoxy) is 3. The van der Waals surface area contributed by atoms with Crippen LogP contribution in [-0.2, 0) is 14.8 Å². The summed E-state index contributed by atoms with van der Waals surface area (Å²) < 4.78 is 45.6. The molecule has 192 valence electrons. The summed E-state index contributed by atoms with van der Waals surface area (Å²) in [6.07, 6.45) is 5.27. The van der Waals surface area contributed by atoms with Gasteiger partial charge in [-0.25, -0.2) is 8.42 Å². The molecule has 0 saturated heterocycles. The van der Waals surface area contributed by atoms with Crippen LogP contribution < -0.4 is 18.5 Å². The molecule has 8 nitrogen and oxygen atoms in total. The molecule has 0 radical (unpaired) electrons. The third kappa shape index (κ3) is 6.39. The van der Waals surface area contributed by atoms with Crippen molar-refractivity contribution in [3.63, 3.8) is 0 Å². The standard InChI is InChI=1S/C26H36N2O6S/c1-5-17-27(6-2)26(29)19-28(24-18-22(32-3)13-16-25(24)33-4)35(30,31)23-14-11-21(12-15-23)34-20-9-7-8-10-20/h11-16,18,20H,5-10,17,19H2,1-4H3. The van der Waals surface area contributed by atoms with Crippen molar-refractivity contribution in [1.29, 1.82) is 0 Å². The van der Waals surface area contributed by atoms with Gasteiger partial charge in [0.2, 0.25) is 5.91 Å². The van der Waals surface area contributed by atoms with Gasteiger partial charge in [-0.1, -0.05) is 6.92 Å². The number of benzene rings is 2. The molecule has 1 saturated carbocycles. The highest BCUT2D eigenvalue weighted by Crippen LogP contribution is 2.36. The highest BCUT2D eigenvalue weighted by molar-refractivity contribution is 7.92. The first-order chi connectivity index (χ1) is 16.8. The Kier molecular flexibility index (Phi) is 9.26. The maximum Gasteiger partial charge on any atom is 0.264 e. The maximum atomic E-state index is 13.9. The first-order valence-electron chi connectivity index (χ1n) is 12.1. The number of carbonyl (C=O) groups is 1. The Hall–Kier alpha value is -2.94. The van der Waals surface area contributed by atoms with E-state index in [1.807, 2.05) is 13.8 Å². The first kappa shape index (κ1) is 26.7. The molecule has 0 aromatic heterocycles. The lowest BCUT2D eigenvalue weighted by Crippen LogP contribution is -2.43. The van der Waals surface area contributed by atoms with Crippen molar-refractivity contribution in [2.45, 2.75) is 57.0 Å². The Labute approximate surface area is 208 Å². The van der Waals surface area contributed by atoms with Gasteiger partial charge in [-0.05, 0) is 75.4 Å². The normalized spacial score (nSPS) is 13.9. The van der Waals surface area contributed by atoms with E-state index in [0.717, 1.165) is 36.4 Å². The summed E-state index contributed by atoms with van der Waals surface area (Å²) in [6.45, 7) is 4.53. The van der Waals surface area contributed by atoms with Gasteiger partial charge >= 0.3 is 0 Å². The molecular weight excluding hydrogens is 468 g/mol. The highest BCUT2D eigenvalue weighted by Gasteiger charge is 2.31. The van der Waals surface area contributed by atoms with E-state index in [1.54, 1.807) is 35.2 Å². The van der Waals surface area contributed by atoms with Gasteiger partial charge in [0, 0.05) is 19.2 Å². The Morgan fingerprint density at radius 1 is 0.971 bits per heavy atom. The van der Waals surface area contributed by atoms with Crippen molar-refractivity contribution in [2.24, 2.45) is 0 Å². The van der Waals surface area contributed by atoms with Crippen molar-refractivity contribution in [2.75, 3.05) is 38.2 Å². The van der Waals surface area contributed by atoms with Crippen molar-refractivity contribution >= 4 is 21.6 Å². The number of rotatable bonds is 12. The van der Waals surface area contributed by atoms with Gasteiger partial charge in [-0.2, -0.15) is 0 Å². The second kappa shape index (κ2) is 12.2. The molecule has 0 atom stereocenters. The molecule has 0 N–H and O–H groups in total. The van der Waals surface area contributed by atoms with Gasteiger partial charge in [0.25, 0.3) is 10.0 Å². The number of hydrogen-bond acceptors (Lipinski definition) is 6. The van der Waals surface area contributed by atoms with Crippen LogP contribution in [0.3, 0.4) is 0 Å². The first-order valence-corrected chi connectivity index (χ1v) is 13.6. The second-order valence-electron chi connectivity index (χ2n) is 8.52. The van der Waals surface area contributed by atoms with Gasteiger partial charge in [-0.15, -0.1) is 0 Å². The van der Waals surface area contributed by atoms with Gasteiger partial charge in [0.1, 0.15) is 23.8 Å². The maximum absolute atomic E-state index is 13.9. The molecule has 35 heavy (non-hydrogen) atoms. The molecule has 9 heteroatoms. The molecule has 0 unspecified atom stereocenters. The Morgan fingerprint density at radius 2 is 1.63 bits per heavy atom. The molecule has 0 bridgehead atoms. The average molecular weight is 505 g/mol. The summed E-state index contributed by atoms with van der Waals surface area (Å²) in [7, 11) is -1.15. The van der Waals surface area contributed by atoms with Crippen molar-refractivity contribution in [1.82, 2.24) is 4.90 Å². The van der Waals surface area contributed by atoms with Crippen LogP contribution in [0, 0.1) is 0 Å². The van der Waals surface area contributed by atoms with E-state index in [2.05, 4.69) is 0 Å². The van der Waals surface area contributed by atoms with Crippen molar-refractivity contribution in [3.05, 3.63) is 42.5 Å². The summed E-state index contributed by atoms with van der Waals surface area (Å²) in [5.41, 5.74) is 0.235. The van der Waals surface area contributed by atoms with Crippen LogP contribution in [-0.4, -0.2) is 59.2 Å². The van der Waals surface area contributed by atoms with E-state index in [0.29, 0.717) is 30.3 Å². The predicted octanol–water partition coefficient (Wildman–Crippen LogP) is 4.48. The van der Waals surface area contributed by atoms with E-state index >= 15 is 0 Å². The number of hydrogen-bond donors (Lipinski definition) is 0. The Balaban J connectivity index is 1.99. The second-order valence-corrected chi connectivity index (χ2v) is 10.4. The van der Waals surface area contributed by atoms with Gasteiger partial charge in [0.05, 0.1) is 30.9 Å². The lowest BCUT2D eigenvalue weighted by molar-refractivity contribution is -0.129. The number of methoxy groups -OCH3 is 2. The fraction of sp³-hybridized carbons (Fsp3) is 0.500. The lowest BCUT2D eigenvalue weighted by atomic mass is 10.2. The smallest absolute Gasteiger partial charge is 0.264 e. The van der Waals surface area contributed by atoms with Gasteiger partial charge in [0.15, 0.2) is 0 Å². The van der Waals surface area contributed by atoms with Crippen LogP contribution in [0.5, 0.6) is 17.2 Å². The topological polar surface area (TPSA) is 85.4 Å². The Bertz CT molecular complexity index is 1080. The van der Waals surface area contributed by atoms with E-state index in [1.165, 1.54) is 26.4 Å². The van der Waals surface area contributed by atoms with Gasteiger partial charge < -0.3 is 19.1 Å². The monoisotopic (exact) mass is 504 g/mol. The van der Waals surface area contributed by atoms with E-state index in [-0.39, 0.29) is 29.1 Å². The average Bonchev–Trinajstić information content (AvgIpc) is 3.38. The summed E-state index contributed by atoms with van der Waals surface area (Å²) in [4.78, 5) is 14.9. The number of likely N-dealkylation sites (N-methyl/N-ethyl adjacent to an activating group) is 1. The quantitative estimate of drug-likeness (QED) is 0.424. The SMILES string of the molecule is CCCN(CC)C(=O)CN(c1cc(OC)ccc1OC)S(=O)(=O)c1ccc(OC2CCCC2)cc1. The van der Waals surface area contributed by atoms with Crippen LogP contribution in [0.4, 0.5) is 5.69 Å². The number of amides is 1. The van der Waals surface area contributed by atoms with Crippen LogP contribution >= 0.6 is 0 Å². The number of anilines is 1. The largest absolute Gasteiger partial charge is 0.497 e. The zero-order chi connectivity index (χ0) is 25.4. The number of carbonyl (C=O) groups excluding carboxylic acids is 1. The molecule has 3 rings (SSSR count). The Morgan fingerprint density at radius 3 is 2.20 bits per heavy atom. The van der Waals surface area contributed by atoms with Crippen LogP contribution in [0.25, 0.3) is 0 Å². The molecule has 1 amide bonds. The minimum atomic E-state index is -4.11. The highest BCUT2D eigenvalue weighted by atomic mass is 32.2. The summed E-state index contributed by atoms with van der Waals surface area (Å²) in [6, 6.07) is 11.3. The third-order valence-corrected chi connectivity index (χ3v) is 7.95. The lowest BCUT2D eigenvalue weighted by Gasteiger charge is -2.29. The fourth-order valence-corrected chi connectivity index (χ4v) is 5.68. The predicted molar refractivity (Wildman–Crippen MR) is 136 cm³/mol. The summed E-state index contributed by atoms with van der Waals surface area (Å²) in [5.74, 6) is 1.12. The molecule has 1 fully saturated rings. The van der Waals surface area contributed by atoms with Crippen molar-refractivity contribution in [3.8, 4) is 17.2 Å². The summed E-state index contributed by atoms with van der Waals surface area (Å²) >= 11 is 0. The van der Waals surface area contributed by atoms with Gasteiger partial charge in [-0.3, -0.25) is 9.10 Å². The number of sulfonamides is 1. The third-order valence-electron chi connectivity index (χ3n) is 6.18. The molecule has 2 aromatic carbocycles. The van der Waals surface area contributed by atoms with Crippen LogP contribution in [0.1, 0.15) is 46.0 Å². The van der Waals surface area contributed by atoms with E-state index in [9.17, 15) is 13.2 Å². The number of nitrogens with zero attached hydrogens (tertiary/aromatic N) is 2. The van der Waals surface area contributed by atoms with Crippen LogP contribution in [0.2, 0.25) is 0 Å². The minimum absolute atomic E-state index is 0.0625. The van der Waals surface area contributed by atoms with Crippen LogP contribution in [0.15, 0.2) is 47.4 Å². The van der Waals surface area contributed by atoms with Crippen molar-refractivity contribution < 1.29 is 27.4 Å².